The molecule has 0 bridgehead atoms. The van der Waals surface area contributed by atoms with Gasteiger partial charge in [-0.05, 0) is 47.0 Å². The zero-order valence-electron chi connectivity index (χ0n) is 9.36. The van der Waals surface area contributed by atoms with Crippen LogP contribution in [-0.2, 0) is 10.0 Å². The van der Waals surface area contributed by atoms with Crippen LogP contribution in [0, 0.1) is 0 Å². The van der Waals surface area contributed by atoms with Crippen LogP contribution >= 0.6 is 31.9 Å². The van der Waals surface area contributed by atoms with Gasteiger partial charge in [0.25, 0.3) is 0 Å². The Balaban J connectivity index is 2.36. The van der Waals surface area contributed by atoms with E-state index in [4.69, 9.17) is 0 Å². The van der Waals surface area contributed by atoms with Gasteiger partial charge in [-0.3, -0.25) is 0 Å². The molecule has 17 heavy (non-hydrogen) atoms. The van der Waals surface area contributed by atoms with Crippen LogP contribution < -0.4 is 0 Å². The average Bonchev–Trinajstić information content (AvgIpc) is 2.13. The van der Waals surface area contributed by atoms with E-state index >= 15 is 0 Å². The molecule has 0 unspecified atom stereocenters. The molecule has 0 amide bonds. The first-order chi connectivity index (χ1) is 7.93. The molecule has 2 rings (SSSR count). The Morgan fingerprint density at radius 1 is 1.29 bits per heavy atom. The maximum Gasteiger partial charge on any atom is 0.244 e. The second-order valence-electron chi connectivity index (χ2n) is 4.18. The Bertz CT molecular complexity index is 526. The summed E-state index contributed by atoms with van der Waals surface area (Å²) < 4.78 is 27.7. The van der Waals surface area contributed by atoms with Crippen molar-refractivity contribution in [3.63, 3.8) is 0 Å². The highest BCUT2D eigenvalue weighted by atomic mass is 79.9. The lowest BCUT2D eigenvalue weighted by Gasteiger charge is -2.33. The Labute approximate surface area is 119 Å². The predicted octanol–water partition coefficient (Wildman–Crippen LogP) is 3.38. The SMILES string of the molecule is CN(C1CCC1)S(=O)(=O)c1ccc(Br)cc1Br. The number of hydrogen-bond donors (Lipinski definition) is 0. The Kier molecular flexibility index (Phi) is 3.97. The van der Waals surface area contributed by atoms with E-state index < -0.39 is 10.0 Å². The molecule has 1 fully saturated rings. The molecule has 0 radical (unpaired) electrons. The average molecular weight is 383 g/mol. The molecule has 0 atom stereocenters. The monoisotopic (exact) mass is 381 g/mol. The smallest absolute Gasteiger partial charge is 0.207 e. The molecular formula is C11H13Br2NO2S. The second-order valence-corrected chi connectivity index (χ2v) is 7.92. The highest BCUT2D eigenvalue weighted by molar-refractivity contribution is 9.11. The molecule has 1 saturated carbocycles. The number of benzene rings is 1. The van der Waals surface area contributed by atoms with E-state index in [0.29, 0.717) is 9.37 Å². The van der Waals surface area contributed by atoms with E-state index in [0.717, 1.165) is 23.7 Å². The van der Waals surface area contributed by atoms with Crippen molar-refractivity contribution in [2.75, 3.05) is 7.05 Å². The zero-order chi connectivity index (χ0) is 12.6. The van der Waals surface area contributed by atoms with E-state index in [9.17, 15) is 8.42 Å². The molecule has 0 aromatic heterocycles. The summed E-state index contributed by atoms with van der Waals surface area (Å²) in [5.74, 6) is 0. The number of nitrogens with zero attached hydrogens (tertiary/aromatic N) is 1. The quantitative estimate of drug-likeness (QED) is 0.803. The van der Waals surface area contributed by atoms with Crippen molar-refractivity contribution in [2.45, 2.75) is 30.2 Å². The number of halogens is 2. The highest BCUT2D eigenvalue weighted by Gasteiger charge is 2.32. The lowest BCUT2D eigenvalue weighted by atomic mass is 9.94. The van der Waals surface area contributed by atoms with E-state index in [1.807, 2.05) is 0 Å². The fraction of sp³-hybridized carbons (Fsp3) is 0.455. The van der Waals surface area contributed by atoms with Crippen molar-refractivity contribution in [3.8, 4) is 0 Å². The van der Waals surface area contributed by atoms with Crippen molar-refractivity contribution in [1.29, 1.82) is 0 Å². The molecular weight excluding hydrogens is 370 g/mol. The number of rotatable bonds is 3. The standard InChI is InChI=1S/C11H13Br2NO2S/c1-14(9-3-2-4-9)17(15,16)11-6-5-8(12)7-10(11)13/h5-7,9H,2-4H2,1H3. The van der Waals surface area contributed by atoms with Crippen molar-refractivity contribution >= 4 is 41.9 Å². The van der Waals surface area contributed by atoms with E-state index in [2.05, 4.69) is 31.9 Å². The van der Waals surface area contributed by atoms with Gasteiger partial charge in [-0.1, -0.05) is 22.4 Å². The minimum atomic E-state index is -3.38. The van der Waals surface area contributed by atoms with E-state index in [-0.39, 0.29) is 6.04 Å². The fourth-order valence-corrected chi connectivity index (χ4v) is 4.91. The summed E-state index contributed by atoms with van der Waals surface area (Å²) in [6.45, 7) is 0. The summed E-state index contributed by atoms with van der Waals surface area (Å²) in [7, 11) is -1.72. The molecule has 0 saturated heterocycles. The predicted molar refractivity (Wildman–Crippen MR) is 74.4 cm³/mol. The zero-order valence-corrected chi connectivity index (χ0v) is 13.3. The number of sulfonamides is 1. The van der Waals surface area contributed by atoms with Gasteiger partial charge >= 0.3 is 0 Å². The van der Waals surface area contributed by atoms with Crippen LogP contribution in [0.15, 0.2) is 32.0 Å². The molecule has 0 spiro atoms. The summed E-state index contributed by atoms with van der Waals surface area (Å²) in [5.41, 5.74) is 0. The molecule has 1 aliphatic carbocycles. The molecule has 3 nitrogen and oxygen atoms in total. The first kappa shape index (κ1) is 13.5. The Hall–Kier alpha value is 0.0900. The lowest BCUT2D eigenvalue weighted by Crippen LogP contribution is -2.41. The first-order valence-electron chi connectivity index (χ1n) is 5.36. The second kappa shape index (κ2) is 4.99. The molecule has 1 aliphatic rings. The van der Waals surface area contributed by atoms with Crippen LogP contribution in [0.5, 0.6) is 0 Å². The molecule has 0 N–H and O–H groups in total. The fourth-order valence-electron chi connectivity index (χ4n) is 1.79. The summed E-state index contributed by atoms with van der Waals surface area (Å²) in [5, 5.41) is 0. The van der Waals surface area contributed by atoms with Gasteiger partial charge in [0.1, 0.15) is 0 Å². The van der Waals surface area contributed by atoms with Gasteiger partial charge in [0.2, 0.25) is 10.0 Å². The lowest BCUT2D eigenvalue weighted by molar-refractivity contribution is 0.249. The minimum Gasteiger partial charge on any atom is -0.207 e. The van der Waals surface area contributed by atoms with Crippen molar-refractivity contribution in [1.82, 2.24) is 4.31 Å². The Morgan fingerprint density at radius 2 is 1.94 bits per heavy atom. The van der Waals surface area contributed by atoms with E-state index in [1.165, 1.54) is 4.31 Å². The number of hydrogen-bond acceptors (Lipinski definition) is 2. The van der Waals surface area contributed by atoms with Gasteiger partial charge in [0.05, 0.1) is 4.90 Å². The Morgan fingerprint density at radius 3 is 2.41 bits per heavy atom. The van der Waals surface area contributed by atoms with Gasteiger partial charge in [-0.15, -0.1) is 0 Å². The van der Waals surface area contributed by atoms with Gasteiger partial charge in [-0.25, -0.2) is 8.42 Å². The van der Waals surface area contributed by atoms with Gasteiger partial charge < -0.3 is 0 Å². The van der Waals surface area contributed by atoms with Crippen molar-refractivity contribution in [3.05, 3.63) is 27.1 Å². The summed E-state index contributed by atoms with van der Waals surface area (Å²) in [4.78, 5) is 0.329. The molecule has 1 aromatic rings. The summed E-state index contributed by atoms with van der Waals surface area (Å²) in [6.07, 6.45) is 3.04. The maximum absolute atomic E-state index is 12.4. The summed E-state index contributed by atoms with van der Waals surface area (Å²) in [6, 6.07) is 5.28. The third kappa shape index (κ3) is 2.59. The van der Waals surface area contributed by atoms with Crippen LogP contribution in [0.4, 0.5) is 0 Å². The highest BCUT2D eigenvalue weighted by Crippen LogP contribution is 2.32. The molecule has 0 heterocycles. The molecule has 94 valence electrons. The van der Waals surface area contributed by atoms with Gasteiger partial charge in [0, 0.05) is 22.0 Å². The van der Waals surface area contributed by atoms with Gasteiger partial charge in [-0.2, -0.15) is 4.31 Å². The molecule has 6 heteroatoms. The third-order valence-electron chi connectivity index (χ3n) is 3.14. The van der Waals surface area contributed by atoms with Gasteiger partial charge in [0.15, 0.2) is 0 Å². The molecule has 0 aliphatic heterocycles. The van der Waals surface area contributed by atoms with Crippen molar-refractivity contribution < 1.29 is 8.42 Å². The van der Waals surface area contributed by atoms with E-state index in [1.54, 1.807) is 25.2 Å². The van der Waals surface area contributed by atoms with Crippen LogP contribution in [0.2, 0.25) is 0 Å². The normalized spacial score (nSPS) is 17.2. The molecule has 1 aromatic carbocycles. The topological polar surface area (TPSA) is 37.4 Å². The van der Waals surface area contributed by atoms with Crippen LogP contribution in [0.3, 0.4) is 0 Å². The third-order valence-corrected chi connectivity index (χ3v) is 6.52. The first-order valence-corrected chi connectivity index (χ1v) is 8.38. The van der Waals surface area contributed by atoms with Crippen molar-refractivity contribution in [2.24, 2.45) is 0 Å². The van der Waals surface area contributed by atoms with Crippen LogP contribution in [0.1, 0.15) is 19.3 Å². The van der Waals surface area contributed by atoms with Crippen LogP contribution in [0.25, 0.3) is 0 Å². The minimum absolute atomic E-state index is 0.163. The summed E-state index contributed by atoms with van der Waals surface area (Å²) >= 11 is 6.62. The largest absolute Gasteiger partial charge is 0.244 e. The maximum atomic E-state index is 12.4. The van der Waals surface area contributed by atoms with Crippen LogP contribution in [-0.4, -0.2) is 25.8 Å².